The van der Waals surface area contributed by atoms with E-state index in [1.165, 1.54) is 50.9 Å². The maximum Gasteiger partial charge on any atom is 0.0950 e. The third-order valence-corrected chi connectivity index (χ3v) is 3.62. The van der Waals surface area contributed by atoms with E-state index in [-0.39, 0.29) is 0 Å². The van der Waals surface area contributed by atoms with Crippen LogP contribution in [-0.4, -0.2) is 31.1 Å². The van der Waals surface area contributed by atoms with Gasteiger partial charge in [0, 0.05) is 24.7 Å². The van der Waals surface area contributed by atoms with Crippen LogP contribution in [0.3, 0.4) is 0 Å². The molecule has 0 radical (unpaired) electrons. The second-order valence-electron chi connectivity index (χ2n) is 4.99. The number of likely N-dealkylation sites (tertiary alicyclic amines) is 1. The maximum atomic E-state index is 5.10. The number of furan rings is 1. The molecule has 1 saturated heterocycles. The van der Waals surface area contributed by atoms with Gasteiger partial charge in [-0.3, -0.25) is 0 Å². The summed E-state index contributed by atoms with van der Waals surface area (Å²) in [7, 11) is 0. The average Bonchev–Trinajstić information content (AvgIpc) is 2.75. The van der Waals surface area contributed by atoms with Crippen LogP contribution in [-0.2, 0) is 0 Å². The number of nitrogens with one attached hydrogen (secondary N) is 1. The van der Waals surface area contributed by atoms with Crippen molar-refractivity contribution < 1.29 is 4.42 Å². The minimum absolute atomic E-state index is 0.390. The molecule has 0 aromatic carbocycles. The van der Waals surface area contributed by atoms with Gasteiger partial charge in [-0.1, -0.05) is 12.8 Å². The zero-order chi connectivity index (χ0) is 11.9. The first kappa shape index (κ1) is 12.7. The van der Waals surface area contributed by atoms with Crippen LogP contribution in [0.1, 0.15) is 44.2 Å². The molecule has 1 unspecified atom stereocenters. The standard InChI is InChI=1S/C14H24N2O/c1-13(14-6-11-17-12-14)15-7-10-16-8-4-2-3-5-9-16/h6,11-13,15H,2-5,7-10H2,1H3. The zero-order valence-corrected chi connectivity index (χ0v) is 10.8. The van der Waals surface area contributed by atoms with Crippen LogP contribution in [0, 0.1) is 0 Å². The van der Waals surface area contributed by atoms with Gasteiger partial charge in [-0.15, -0.1) is 0 Å². The highest BCUT2D eigenvalue weighted by atomic mass is 16.3. The summed E-state index contributed by atoms with van der Waals surface area (Å²) in [4.78, 5) is 2.59. The first-order valence-electron chi connectivity index (χ1n) is 6.84. The van der Waals surface area contributed by atoms with Gasteiger partial charge < -0.3 is 14.6 Å². The Morgan fingerprint density at radius 1 is 1.29 bits per heavy atom. The lowest BCUT2D eigenvalue weighted by atomic mass is 10.2. The molecule has 1 aliphatic heterocycles. The molecule has 0 spiro atoms. The van der Waals surface area contributed by atoms with Gasteiger partial charge >= 0.3 is 0 Å². The van der Waals surface area contributed by atoms with E-state index in [2.05, 4.69) is 17.1 Å². The van der Waals surface area contributed by atoms with Crippen LogP contribution in [0.25, 0.3) is 0 Å². The summed E-state index contributed by atoms with van der Waals surface area (Å²) in [6.07, 6.45) is 9.13. The average molecular weight is 236 g/mol. The molecule has 1 atom stereocenters. The van der Waals surface area contributed by atoms with Crippen LogP contribution in [0.15, 0.2) is 23.0 Å². The van der Waals surface area contributed by atoms with E-state index < -0.39 is 0 Å². The molecule has 1 N–H and O–H groups in total. The second kappa shape index (κ2) is 6.82. The summed E-state index contributed by atoms with van der Waals surface area (Å²) in [5.41, 5.74) is 1.24. The SMILES string of the molecule is CC(NCCN1CCCCCC1)c1ccoc1. The Labute approximate surface area is 104 Å². The molecule has 17 heavy (non-hydrogen) atoms. The highest BCUT2D eigenvalue weighted by Crippen LogP contribution is 2.12. The van der Waals surface area contributed by atoms with E-state index in [1.807, 2.05) is 12.3 Å². The molecule has 0 aliphatic carbocycles. The van der Waals surface area contributed by atoms with Crippen LogP contribution < -0.4 is 5.32 Å². The van der Waals surface area contributed by atoms with Gasteiger partial charge in [0.05, 0.1) is 12.5 Å². The first-order valence-corrected chi connectivity index (χ1v) is 6.84. The van der Waals surface area contributed by atoms with Crippen molar-refractivity contribution in [3.63, 3.8) is 0 Å². The fourth-order valence-corrected chi connectivity index (χ4v) is 2.44. The molecule has 1 aromatic rings. The number of hydrogen-bond acceptors (Lipinski definition) is 3. The highest BCUT2D eigenvalue weighted by molar-refractivity contribution is 5.10. The van der Waals surface area contributed by atoms with Crippen molar-refractivity contribution in [2.75, 3.05) is 26.2 Å². The van der Waals surface area contributed by atoms with Crippen LogP contribution in [0.5, 0.6) is 0 Å². The Bertz CT molecular complexity index is 289. The molecule has 1 aliphatic rings. The molecule has 3 nitrogen and oxygen atoms in total. The van der Waals surface area contributed by atoms with E-state index in [0.29, 0.717) is 6.04 Å². The molecular formula is C14H24N2O. The fourth-order valence-electron chi connectivity index (χ4n) is 2.44. The Morgan fingerprint density at radius 3 is 2.71 bits per heavy atom. The smallest absolute Gasteiger partial charge is 0.0950 e. The van der Waals surface area contributed by atoms with Gasteiger partial charge in [0.2, 0.25) is 0 Å². The molecular weight excluding hydrogens is 212 g/mol. The van der Waals surface area contributed by atoms with E-state index >= 15 is 0 Å². The van der Waals surface area contributed by atoms with Crippen molar-refractivity contribution in [2.24, 2.45) is 0 Å². The molecule has 1 aromatic heterocycles. The highest BCUT2D eigenvalue weighted by Gasteiger charge is 2.10. The van der Waals surface area contributed by atoms with Gasteiger partial charge in [-0.25, -0.2) is 0 Å². The maximum absolute atomic E-state index is 5.10. The summed E-state index contributed by atoms with van der Waals surface area (Å²) in [6.45, 7) is 6.98. The first-order chi connectivity index (χ1) is 8.36. The summed E-state index contributed by atoms with van der Waals surface area (Å²) >= 11 is 0. The Hall–Kier alpha value is -0.800. The zero-order valence-electron chi connectivity index (χ0n) is 10.8. The van der Waals surface area contributed by atoms with Crippen molar-refractivity contribution >= 4 is 0 Å². The topological polar surface area (TPSA) is 28.4 Å². The van der Waals surface area contributed by atoms with Crippen molar-refractivity contribution in [1.29, 1.82) is 0 Å². The molecule has 0 bridgehead atoms. The second-order valence-corrected chi connectivity index (χ2v) is 4.99. The van der Waals surface area contributed by atoms with Crippen LogP contribution in [0.2, 0.25) is 0 Å². The number of rotatable bonds is 5. The van der Waals surface area contributed by atoms with Gasteiger partial charge in [-0.05, 0) is 38.9 Å². The number of hydrogen-bond donors (Lipinski definition) is 1. The lowest BCUT2D eigenvalue weighted by Crippen LogP contribution is -2.33. The van der Waals surface area contributed by atoms with E-state index in [4.69, 9.17) is 4.42 Å². The Morgan fingerprint density at radius 2 is 2.06 bits per heavy atom. The summed E-state index contributed by atoms with van der Waals surface area (Å²) in [6, 6.07) is 2.42. The van der Waals surface area contributed by atoms with E-state index in [0.717, 1.165) is 6.54 Å². The van der Waals surface area contributed by atoms with Crippen molar-refractivity contribution in [3.8, 4) is 0 Å². The summed E-state index contributed by atoms with van der Waals surface area (Å²) < 4.78 is 5.10. The minimum atomic E-state index is 0.390. The molecule has 0 saturated carbocycles. The van der Waals surface area contributed by atoms with Gasteiger partial charge in [0.25, 0.3) is 0 Å². The quantitative estimate of drug-likeness (QED) is 0.852. The third kappa shape index (κ3) is 4.17. The minimum Gasteiger partial charge on any atom is -0.472 e. The normalized spacial score (nSPS) is 20.1. The molecule has 2 rings (SSSR count). The van der Waals surface area contributed by atoms with Gasteiger partial charge in [-0.2, -0.15) is 0 Å². The van der Waals surface area contributed by atoms with E-state index in [1.54, 1.807) is 6.26 Å². The predicted molar refractivity (Wildman–Crippen MR) is 70.0 cm³/mol. The Balaban J connectivity index is 1.65. The van der Waals surface area contributed by atoms with Crippen LogP contribution >= 0.6 is 0 Å². The summed E-state index contributed by atoms with van der Waals surface area (Å²) in [5, 5.41) is 3.55. The molecule has 3 heteroatoms. The lowest BCUT2D eigenvalue weighted by molar-refractivity contribution is 0.280. The Kier molecular flexibility index (Phi) is 5.08. The molecule has 0 amide bonds. The lowest BCUT2D eigenvalue weighted by Gasteiger charge is -2.21. The molecule has 2 heterocycles. The molecule has 1 fully saturated rings. The monoisotopic (exact) mass is 236 g/mol. The predicted octanol–water partition coefficient (Wildman–Crippen LogP) is 2.81. The van der Waals surface area contributed by atoms with E-state index in [9.17, 15) is 0 Å². The largest absolute Gasteiger partial charge is 0.472 e. The van der Waals surface area contributed by atoms with Gasteiger partial charge in [0.15, 0.2) is 0 Å². The van der Waals surface area contributed by atoms with Crippen molar-refractivity contribution in [3.05, 3.63) is 24.2 Å². The fraction of sp³-hybridized carbons (Fsp3) is 0.714. The molecule has 96 valence electrons. The summed E-state index contributed by atoms with van der Waals surface area (Å²) in [5.74, 6) is 0. The van der Waals surface area contributed by atoms with Crippen molar-refractivity contribution in [1.82, 2.24) is 10.2 Å². The van der Waals surface area contributed by atoms with Crippen molar-refractivity contribution in [2.45, 2.75) is 38.6 Å². The van der Waals surface area contributed by atoms with Crippen LogP contribution in [0.4, 0.5) is 0 Å². The number of nitrogens with zero attached hydrogens (tertiary/aromatic N) is 1. The van der Waals surface area contributed by atoms with Gasteiger partial charge in [0.1, 0.15) is 0 Å². The third-order valence-electron chi connectivity index (χ3n) is 3.62.